The number of amides is 1. The number of carbonyl (C=O) groups is 1. The van der Waals surface area contributed by atoms with Crippen LogP contribution >= 0.6 is 0 Å². The Morgan fingerprint density at radius 3 is 2.56 bits per heavy atom. The first-order valence-electron chi connectivity index (χ1n) is 5.69. The van der Waals surface area contributed by atoms with Gasteiger partial charge in [0, 0.05) is 17.5 Å². The first-order chi connectivity index (χ1) is 8.59. The summed E-state index contributed by atoms with van der Waals surface area (Å²) in [4.78, 5) is 12.0. The van der Waals surface area contributed by atoms with Crippen LogP contribution in [0.4, 0.5) is 4.39 Å². The smallest absolute Gasteiger partial charge is 0.252 e. The van der Waals surface area contributed by atoms with E-state index in [0.717, 1.165) is 5.57 Å². The summed E-state index contributed by atoms with van der Waals surface area (Å²) < 4.78 is 13.6. The first-order valence-corrected chi connectivity index (χ1v) is 5.69. The molecule has 1 N–H and O–H groups in total. The summed E-state index contributed by atoms with van der Waals surface area (Å²) in [6.07, 6.45) is 0. The van der Waals surface area contributed by atoms with Crippen molar-refractivity contribution in [2.75, 3.05) is 6.54 Å². The lowest BCUT2D eigenvalue weighted by molar-refractivity contribution is 0.0958. The molecule has 0 saturated heterocycles. The minimum Gasteiger partial charge on any atom is -0.348 e. The quantitative estimate of drug-likeness (QED) is 0.823. The van der Waals surface area contributed by atoms with Crippen LogP contribution < -0.4 is 5.32 Å². The molecule has 0 aliphatic carbocycles. The van der Waals surface area contributed by atoms with Gasteiger partial charge in [0.05, 0.1) is 0 Å². The van der Waals surface area contributed by atoms with E-state index < -0.39 is 0 Å². The van der Waals surface area contributed by atoms with E-state index in [4.69, 9.17) is 0 Å². The molecule has 0 aliphatic rings. The zero-order valence-electron chi connectivity index (χ0n) is 10.2. The van der Waals surface area contributed by atoms with Gasteiger partial charge >= 0.3 is 0 Å². The third kappa shape index (κ3) is 2.40. The number of fused-ring (bicyclic) bond motifs is 1. The molecule has 0 radical (unpaired) electrons. The van der Waals surface area contributed by atoms with Gasteiger partial charge in [0.15, 0.2) is 0 Å². The molecule has 0 aromatic heterocycles. The average Bonchev–Trinajstić information content (AvgIpc) is 2.37. The van der Waals surface area contributed by atoms with E-state index in [9.17, 15) is 9.18 Å². The summed E-state index contributed by atoms with van der Waals surface area (Å²) in [6.45, 7) is 5.98. The molecular weight excluding hydrogens is 229 g/mol. The maximum absolute atomic E-state index is 13.6. The third-order valence-corrected chi connectivity index (χ3v) is 2.67. The van der Waals surface area contributed by atoms with Crippen LogP contribution in [-0.2, 0) is 0 Å². The van der Waals surface area contributed by atoms with Crippen molar-refractivity contribution in [3.8, 4) is 0 Å². The predicted molar refractivity (Wildman–Crippen MR) is 71.1 cm³/mol. The summed E-state index contributed by atoms with van der Waals surface area (Å²) >= 11 is 0. The molecule has 0 aliphatic heterocycles. The Morgan fingerprint density at radius 2 is 1.89 bits per heavy atom. The van der Waals surface area contributed by atoms with Crippen molar-refractivity contribution >= 4 is 16.7 Å². The Balaban J connectivity index is 2.42. The molecular formula is C15H14FNO. The van der Waals surface area contributed by atoms with Crippen LogP contribution in [0.25, 0.3) is 10.8 Å². The van der Waals surface area contributed by atoms with Crippen molar-refractivity contribution in [1.29, 1.82) is 0 Å². The highest BCUT2D eigenvalue weighted by Crippen LogP contribution is 2.21. The van der Waals surface area contributed by atoms with Crippen LogP contribution in [0, 0.1) is 5.82 Å². The van der Waals surface area contributed by atoms with Crippen molar-refractivity contribution in [3.05, 3.63) is 59.9 Å². The van der Waals surface area contributed by atoms with Crippen LogP contribution in [0.2, 0.25) is 0 Å². The fraction of sp³-hybridized carbons (Fsp3) is 0.133. The van der Waals surface area contributed by atoms with E-state index in [1.165, 1.54) is 12.1 Å². The van der Waals surface area contributed by atoms with Gasteiger partial charge in [0.2, 0.25) is 0 Å². The lowest BCUT2D eigenvalue weighted by Gasteiger charge is -2.08. The summed E-state index contributed by atoms with van der Waals surface area (Å²) in [7, 11) is 0. The second-order valence-electron chi connectivity index (χ2n) is 4.28. The van der Waals surface area contributed by atoms with Gasteiger partial charge in [-0.05, 0) is 24.4 Å². The zero-order chi connectivity index (χ0) is 13.1. The van der Waals surface area contributed by atoms with Crippen LogP contribution in [0.3, 0.4) is 0 Å². The van der Waals surface area contributed by atoms with Gasteiger partial charge in [0.25, 0.3) is 5.91 Å². The topological polar surface area (TPSA) is 29.1 Å². The molecule has 0 unspecified atom stereocenters. The van der Waals surface area contributed by atoms with E-state index >= 15 is 0 Å². The van der Waals surface area contributed by atoms with Crippen LogP contribution in [0.15, 0.2) is 48.6 Å². The number of halogens is 1. The Hall–Kier alpha value is -2.16. The van der Waals surface area contributed by atoms with Crippen LogP contribution in [-0.4, -0.2) is 12.5 Å². The SMILES string of the molecule is C=C(C)CNC(=O)c1ccc(F)c2ccccc12. The number of nitrogens with one attached hydrogen (secondary N) is 1. The molecule has 92 valence electrons. The van der Waals surface area contributed by atoms with Crippen molar-refractivity contribution < 1.29 is 9.18 Å². The van der Waals surface area contributed by atoms with Crippen molar-refractivity contribution in [1.82, 2.24) is 5.32 Å². The average molecular weight is 243 g/mol. The Kier molecular flexibility index (Phi) is 3.42. The molecule has 0 bridgehead atoms. The second-order valence-corrected chi connectivity index (χ2v) is 4.28. The normalized spacial score (nSPS) is 10.3. The summed E-state index contributed by atoms with van der Waals surface area (Å²) in [5.41, 5.74) is 1.35. The van der Waals surface area contributed by atoms with Gasteiger partial charge in [0.1, 0.15) is 5.82 Å². The maximum atomic E-state index is 13.6. The lowest BCUT2D eigenvalue weighted by Crippen LogP contribution is -2.25. The van der Waals surface area contributed by atoms with Gasteiger partial charge in [-0.3, -0.25) is 4.79 Å². The molecule has 18 heavy (non-hydrogen) atoms. The number of benzene rings is 2. The monoisotopic (exact) mass is 243 g/mol. The molecule has 2 aromatic carbocycles. The number of rotatable bonds is 3. The molecule has 0 atom stereocenters. The second kappa shape index (κ2) is 5.00. The fourth-order valence-corrected chi connectivity index (χ4v) is 1.79. The third-order valence-electron chi connectivity index (χ3n) is 2.67. The highest BCUT2D eigenvalue weighted by atomic mass is 19.1. The Labute approximate surface area is 105 Å². The van der Waals surface area contributed by atoms with Crippen molar-refractivity contribution in [3.63, 3.8) is 0 Å². The summed E-state index contributed by atoms with van der Waals surface area (Å²) in [6, 6.07) is 9.77. The lowest BCUT2D eigenvalue weighted by atomic mass is 10.0. The van der Waals surface area contributed by atoms with E-state index in [1.807, 2.05) is 6.92 Å². The van der Waals surface area contributed by atoms with Gasteiger partial charge in [-0.1, -0.05) is 36.4 Å². The molecule has 0 heterocycles. The van der Waals surface area contributed by atoms with E-state index in [-0.39, 0.29) is 11.7 Å². The van der Waals surface area contributed by atoms with Crippen molar-refractivity contribution in [2.45, 2.75) is 6.92 Å². The van der Waals surface area contributed by atoms with Crippen LogP contribution in [0.5, 0.6) is 0 Å². The molecule has 0 spiro atoms. The number of hydrogen-bond acceptors (Lipinski definition) is 1. The standard InChI is InChI=1S/C15H14FNO/c1-10(2)9-17-15(18)13-7-8-14(16)12-6-4-3-5-11(12)13/h3-8H,1,9H2,2H3,(H,17,18). The summed E-state index contributed by atoms with van der Waals surface area (Å²) in [5.74, 6) is -0.531. The molecule has 2 aromatic rings. The summed E-state index contributed by atoms with van der Waals surface area (Å²) in [5, 5.41) is 3.83. The molecule has 1 amide bonds. The minimum absolute atomic E-state index is 0.214. The zero-order valence-corrected chi connectivity index (χ0v) is 10.2. The van der Waals surface area contributed by atoms with E-state index in [2.05, 4.69) is 11.9 Å². The Bertz CT molecular complexity index is 619. The maximum Gasteiger partial charge on any atom is 0.252 e. The van der Waals surface area contributed by atoms with E-state index in [1.54, 1.807) is 24.3 Å². The van der Waals surface area contributed by atoms with Gasteiger partial charge in [-0.2, -0.15) is 0 Å². The molecule has 3 heteroatoms. The van der Waals surface area contributed by atoms with Gasteiger partial charge < -0.3 is 5.32 Å². The van der Waals surface area contributed by atoms with Gasteiger partial charge in [-0.25, -0.2) is 4.39 Å². The van der Waals surface area contributed by atoms with Gasteiger partial charge in [-0.15, -0.1) is 0 Å². The fourth-order valence-electron chi connectivity index (χ4n) is 1.79. The van der Waals surface area contributed by atoms with Crippen molar-refractivity contribution in [2.24, 2.45) is 0 Å². The van der Waals surface area contributed by atoms with Crippen LogP contribution in [0.1, 0.15) is 17.3 Å². The predicted octanol–water partition coefficient (Wildman–Crippen LogP) is 3.28. The molecule has 2 rings (SSSR count). The Morgan fingerprint density at radius 1 is 1.22 bits per heavy atom. The highest BCUT2D eigenvalue weighted by molar-refractivity contribution is 6.07. The van der Waals surface area contributed by atoms with E-state index in [0.29, 0.717) is 22.9 Å². The first kappa shape index (κ1) is 12.3. The molecule has 0 fully saturated rings. The minimum atomic E-state index is -0.318. The molecule has 0 saturated carbocycles. The number of carbonyl (C=O) groups excluding carboxylic acids is 1. The molecule has 2 nitrogen and oxygen atoms in total. The highest BCUT2D eigenvalue weighted by Gasteiger charge is 2.11. The largest absolute Gasteiger partial charge is 0.348 e. The number of hydrogen-bond donors (Lipinski definition) is 1.